The fraction of sp³-hybridized carbons (Fsp3) is 0.241. The zero-order valence-electron chi connectivity index (χ0n) is 60.8. The summed E-state index contributed by atoms with van der Waals surface area (Å²) < 4.78 is 116. The number of halogens is 7. The predicted octanol–water partition coefficient (Wildman–Crippen LogP) is 18.7. The number of aryl methyl sites for hydroxylation is 11. The Morgan fingerprint density at radius 2 is 0.641 bits per heavy atom. The molecule has 0 saturated carbocycles. The van der Waals surface area contributed by atoms with E-state index in [4.69, 9.17) is 64.2 Å². The number of phenolic OH excluding ortho intramolecular Hbond substituents is 11. The lowest BCUT2D eigenvalue weighted by Crippen LogP contribution is -1.98. The Balaban J connectivity index is 0.000000573. The molecule has 0 bridgehead atoms. The highest BCUT2D eigenvalue weighted by Gasteiger charge is 2.22. The van der Waals surface area contributed by atoms with Crippen LogP contribution in [0.3, 0.4) is 0 Å². The Morgan fingerprint density at radius 1 is 0.233 bits per heavy atom. The summed E-state index contributed by atoms with van der Waals surface area (Å²) in [4.78, 5) is 0. The van der Waals surface area contributed by atoms with Crippen molar-refractivity contribution in [2.45, 2.75) is 90.0 Å². The molecule has 0 aliphatic carbocycles. The molecule has 0 spiro atoms. The molecule has 0 heterocycles. The SMILES string of the molecule is COc1c(O)cc(C)cc1O.COc1cc(C)cc(OC)c1O.COc1cc(C)ccc1O.COc1cc(O)ccc1C.COc1ccc(C)c(O)c1.Cc1c(F)c(F)c(O)c(F)c1F.Cc1c(F)cc(O)cc1F.Cc1cc(C)c(O)c(C)c1.Cc1ccc(O)cc1C.Cc1ccc(O)cc1F. The van der Waals surface area contributed by atoms with Crippen molar-refractivity contribution >= 4 is 0 Å². The molecule has 0 aromatic heterocycles. The van der Waals surface area contributed by atoms with Gasteiger partial charge in [-0.3, -0.25) is 0 Å². The van der Waals surface area contributed by atoms with Crippen molar-refractivity contribution in [3.8, 4) is 97.7 Å². The van der Waals surface area contributed by atoms with Gasteiger partial charge in [0.1, 0.15) is 63.4 Å². The lowest BCUT2D eigenvalue weighted by Gasteiger charge is -2.08. The molecule has 10 rings (SSSR count). The number of phenols is 11. The van der Waals surface area contributed by atoms with Crippen molar-refractivity contribution < 1.29 is 115 Å². The van der Waals surface area contributed by atoms with Gasteiger partial charge < -0.3 is 84.6 Å². The minimum atomic E-state index is -1.77. The average Bonchev–Trinajstić information content (AvgIpc) is 0.812. The first-order chi connectivity index (χ1) is 48.1. The predicted molar refractivity (Wildman–Crippen MR) is 383 cm³/mol. The minimum absolute atomic E-state index is 0.0295. The van der Waals surface area contributed by atoms with Gasteiger partial charge >= 0.3 is 0 Å². The van der Waals surface area contributed by atoms with E-state index in [1.54, 1.807) is 82.7 Å². The molecular formula is C79H91F7O17. The number of rotatable bonds is 6. The number of methoxy groups -OCH3 is 6. The summed E-state index contributed by atoms with van der Waals surface area (Å²) >= 11 is 0. The van der Waals surface area contributed by atoms with E-state index in [1.165, 1.54) is 70.8 Å². The second kappa shape index (κ2) is 43.8. The summed E-state index contributed by atoms with van der Waals surface area (Å²) in [5.74, 6) is -6.19. The minimum Gasteiger partial charge on any atom is -0.508 e. The lowest BCUT2D eigenvalue weighted by molar-refractivity contribution is 0.339. The molecule has 0 atom stereocenters. The normalized spacial score (nSPS) is 9.69. The van der Waals surface area contributed by atoms with Crippen LogP contribution in [0.4, 0.5) is 30.7 Å². The second-order valence-corrected chi connectivity index (χ2v) is 22.5. The Labute approximate surface area is 596 Å². The van der Waals surface area contributed by atoms with Gasteiger partial charge in [-0.05, 0) is 212 Å². The highest BCUT2D eigenvalue weighted by atomic mass is 19.2. The van der Waals surface area contributed by atoms with E-state index >= 15 is 0 Å². The third kappa shape index (κ3) is 30.0. The van der Waals surface area contributed by atoms with Gasteiger partial charge in [-0.1, -0.05) is 48.0 Å². The molecule has 0 unspecified atom stereocenters. The number of benzene rings is 10. The summed E-state index contributed by atoms with van der Waals surface area (Å²) in [6.45, 7) is 23.1. The van der Waals surface area contributed by atoms with Crippen LogP contribution in [0.25, 0.3) is 0 Å². The summed E-state index contributed by atoms with van der Waals surface area (Å²) in [7, 11) is 9.10. The van der Waals surface area contributed by atoms with Crippen LogP contribution in [-0.2, 0) is 0 Å². The van der Waals surface area contributed by atoms with Crippen molar-refractivity contribution in [2.75, 3.05) is 42.7 Å². The van der Waals surface area contributed by atoms with Crippen LogP contribution in [0.5, 0.6) is 97.7 Å². The molecule has 558 valence electrons. The first-order valence-electron chi connectivity index (χ1n) is 30.8. The van der Waals surface area contributed by atoms with E-state index in [2.05, 4.69) is 0 Å². The van der Waals surface area contributed by atoms with Gasteiger partial charge in [0.05, 0.1) is 42.7 Å². The third-order valence-corrected chi connectivity index (χ3v) is 14.2. The zero-order chi connectivity index (χ0) is 78.9. The molecule has 10 aromatic rings. The van der Waals surface area contributed by atoms with E-state index in [1.807, 2.05) is 105 Å². The first kappa shape index (κ1) is 89.3. The van der Waals surface area contributed by atoms with Crippen molar-refractivity contribution in [3.63, 3.8) is 0 Å². The summed E-state index contributed by atoms with van der Waals surface area (Å²) in [6.07, 6.45) is 0. The van der Waals surface area contributed by atoms with E-state index in [-0.39, 0.29) is 63.1 Å². The first-order valence-corrected chi connectivity index (χ1v) is 30.8. The van der Waals surface area contributed by atoms with Gasteiger partial charge in [0.25, 0.3) is 0 Å². The summed E-state index contributed by atoms with van der Waals surface area (Å²) in [5, 5.41) is 99.2. The van der Waals surface area contributed by atoms with Gasteiger partial charge in [0, 0.05) is 41.5 Å². The maximum Gasteiger partial charge on any atom is 0.203 e. The topological polar surface area (TPSA) is 278 Å². The fourth-order valence-electron chi connectivity index (χ4n) is 8.12. The summed E-state index contributed by atoms with van der Waals surface area (Å²) in [5.41, 5.74) is 9.90. The molecule has 11 N–H and O–H groups in total. The van der Waals surface area contributed by atoms with Gasteiger partial charge in [0.2, 0.25) is 23.1 Å². The Kier molecular flexibility index (Phi) is 37.9. The molecule has 0 aliphatic rings. The molecule has 103 heavy (non-hydrogen) atoms. The van der Waals surface area contributed by atoms with Gasteiger partial charge in [-0.15, -0.1) is 0 Å². The average molecular weight is 1450 g/mol. The Morgan fingerprint density at radius 3 is 1.04 bits per heavy atom. The largest absolute Gasteiger partial charge is 0.508 e. The Bertz CT molecular complexity index is 4000. The maximum absolute atomic E-state index is 12.5. The van der Waals surface area contributed by atoms with E-state index < -0.39 is 46.2 Å². The number of hydrogen-bond donors (Lipinski definition) is 11. The molecule has 24 heteroatoms. The van der Waals surface area contributed by atoms with E-state index in [0.717, 1.165) is 75.4 Å². The zero-order valence-corrected chi connectivity index (χ0v) is 60.8. The highest BCUT2D eigenvalue weighted by Crippen LogP contribution is 2.38. The standard InChI is InChI=1S/C9H12O3.C9H12O.C8H10O3.3C8H10O2.C8H10O.C7H4F4O.C7H6F2O.C7H7FO/c1-6-4-7(11-2)9(10)8(5-6)12-3;1-6-4-7(2)9(10)8(3)5-6;1-5-3-6(9)8(11-2)7(10)4-5;1-6-3-4-7(10-2)5-8(6)9;1-6-3-4-7(9)5-8(6)10-2;1-6-3-4-7(9)8(5-6)10-2;1-6-3-4-8(9)5-7(6)2;1-2-3(8)5(10)7(12)6(11)4(2)9;1-4-6(8)2-5(10)3-7(4)9;1-5-2-3-6(9)4-7(5)8/h4-5,10H,1-3H3;4-5,10H,1-3H3;3-4,9-10H,1-2H3;3*3-5,9H,1-2H3;3-5,9H,1-2H3;12H,1H3;2-3,10H,1H3;2-4,9H,1H3. The molecule has 0 radical (unpaired) electrons. The quantitative estimate of drug-likeness (QED) is 0.0545. The van der Waals surface area contributed by atoms with Gasteiger partial charge in [0.15, 0.2) is 51.9 Å². The Hall–Kier alpha value is -11.7. The third-order valence-electron chi connectivity index (χ3n) is 14.2. The molecular weight excluding hydrogens is 1350 g/mol. The van der Waals surface area contributed by atoms with Crippen LogP contribution in [0.1, 0.15) is 72.3 Å². The molecule has 0 fully saturated rings. The van der Waals surface area contributed by atoms with Crippen molar-refractivity contribution in [2.24, 2.45) is 0 Å². The van der Waals surface area contributed by atoms with Crippen LogP contribution in [-0.4, -0.2) is 98.8 Å². The number of aromatic hydroxyl groups is 11. The molecule has 10 aromatic carbocycles. The van der Waals surface area contributed by atoms with Crippen LogP contribution in [0.15, 0.2) is 140 Å². The van der Waals surface area contributed by atoms with E-state index in [0.29, 0.717) is 40.1 Å². The fourth-order valence-corrected chi connectivity index (χ4v) is 8.12. The molecule has 0 amide bonds. The van der Waals surface area contributed by atoms with Crippen molar-refractivity contribution in [1.82, 2.24) is 0 Å². The molecule has 0 aliphatic heterocycles. The highest BCUT2D eigenvalue weighted by molar-refractivity contribution is 5.53. The maximum atomic E-state index is 12.5. The van der Waals surface area contributed by atoms with Gasteiger partial charge in [-0.25, -0.2) is 22.0 Å². The van der Waals surface area contributed by atoms with Crippen molar-refractivity contribution in [3.05, 3.63) is 253 Å². The molecule has 17 nitrogen and oxygen atoms in total. The van der Waals surface area contributed by atoms with Gasteiger partial charge in [-0.2, -0.15) is 8.78 Å². The van der Waals surface area contributed by atoms with Crippen LogP contribution in [0.2, 0.25) is 0 Å². The molecule has 0 saturated heterocycles. The number of hydrogen-bond acceptors (Lipinski definition) is 17. The van der Waals surface area contributed by atoms with Crippen LogP contribution < -0.4 is 28.4 Å². The smallest absolute Gasteiger partial charge is 0.203 e. The monoisotopic (exact) mass is 1440 g/mol. The van der Waals surface area contributed by atoms with Crippen LogP contribution >= 0.6 is 0 Å². The lowest BCUT2D eigenvalue weighted by atomic mass is 10.1. The van der Waals surface area contributed by atoms with E-state index in [9.17, 15) is 51.2 Å². The van der Waals surface area contributed by atoms with Crippen molar-refractivity contribution in [1.29, 1.82) is 0 Å². The summed E-state index contributed by atoms with van der Waals surface area (Å²) in [6, 6.07) is 37.2. The van der Waals surface area contributed by atoms with Crippen LogP contribution in [0, 0.1) is 131 Å². The second-order valence-electron chi connectivity index (χ2n) is 22.5. The number of ether oxygens (including phenoxy) is 6.